The van der Waals surface area contributed by atoms with Crippen molar-refractivity contribution in [2.75, 3.05) is 44.6 Å². The number of hydrogen-bond donors (Lipinski definition) is 1. The minimum atomic E-state index is 0.541. The zero-order valence-electron chi connectivity index (χ0n) is 11.8. The average Bonchev–Trinajstić information content (AvgIpc) is 2.45. The molecule has 4 nitrogen and oxygen atoms in total. The highest BCUT2D eigenvalue weighted by Crippen LogP contribution is 2.13. The molecule has 19 heavy (non-hydrogen) atoms. The van der Waals surface area contributed by atoms with Crippen LogP contribution in [-0.2, 0) is 0 Å². The van der Waals surface area contributed by atoms with Crippen LogP contribution in [0.25, 0.3) is 0 Å². The number of nitrogens with zero attached hydrogens (tertiary/aromatic N) is 3. The predicted molar refractivity (Wildman–Crippen MR) is 83.6 cm³/mol. The minimum absolute atomic E-state index is 0.541. The molecular formula is C14H23BrN4. The summed E-state index contributed by atoms with van der Waals surface area (Å²) in [5.74, 6) is 0.938. The topological polar surface area (TPSA) is 31.4 Å². The molecule has 0 aliphatic carbocycles. The predicted octanol–water partition coefficient (Wildman–Crippen LogP) is 2.28. The van der Waals surface area contributed by atoms with Crippen molar-refractivity contribution in [2.24, 2.45) is 0 Å². The summed E-state index contributed by atoms with van der Waals surface area (Å²) < 4.78 is 1.06. The fourth-order valence-corrected chi connectivity index (χ4v) is 2.74. The SMILES string of the molecule is CCN1CCN(C(C)CNc2cc(Br)ccn2)CC1. The van der Waals surface area contributed by atoms with E-state index in [2.05, 4.69) is 49.9 Å². The van der Waals surface area contributed by atoms with Crippen LogP contribution in [0.1, 0.15) is 13.8 Å². The summed E-state index contributed by atoms with van der Waals surface area (Å²) in [6.45, 7) is 11.3. The monoisotopic (exact) mass is 326 g/mol. The maximum Gasteiger partial charge on any atom is 0.127 e. The number of hydrogen-bond acceptors (Lipinski definition) is 4. The van der Waals surface area contributed by atoms with Gasteiger partial charge in [-0.25, -0.2) is 4.98 Å². The molecule has 1 aromatic heterocycles. The number of piperazine rings is 1. The number of halogens is 1. The van der Waals surface area contributed by atoms with Gasteiger partial charge in [0.2, 0.25) is 0 Å². The van der Waals surface area contributed by atoms with Gasteiger partial charge >= 0.3 is 0 Å². The van der Waals surface area contributed by atoms with Gasteiger partial charge in [-0.2, -0.15) is 0 Å². The van der Waals surface area contributed by atoms with Crippen molar-refractivity contribution >= 4 is 21.7 Å². The lowest BCUT2D eigenvalue weighted by molar-refractivity contribution is 0.110. The van der Waals surface area contributed by atoms with E-state index in [1.807, 2.05) is 18.3 Å². The average molecular weight is 327 g/mol. The maximum atomic E-state index is 4.31. The number of anilines is 1. The van der Waals surface area contributed by atoms with E-state index in [-0.39, 0.29) is 0 Å². The van der Waals surface area contributed by atoms with Crippen LogP contribution in [0.15, 0.2) is 22.8 Å². The minimum Gasteiger partial charge on any atom is -0.368 e. The third kappa shape index (κ3) is 4.44. The van der Waals surface area contributed by atoms with Gasteiger partial charge < -0.3 is 10.2 Å². The first-order valence-electron chi connectivity index (χ1n) is 7.01. The van der Waals surface area contributed by atoms with E-state index in [0.717, 1.165) is 16.8 Å². The molecule has 1 saturated heterocycles. The molecule has 2 rings (SSSR count). The summed E-state index contributed by atoms with van der Waals surface area (Å²) in [5, 5.41) is 3.41. The molecule has 5 heteroatoms. The van der Waals surface area contributed by atoms with Gasteiger partial charge in [-0.15, -0.1) is 0 Å². The molecule has 1 unspecified atom stereocenters. The standard InChI is InChI=1S/C14H23BrN4/c1-3-18-6-8-19(9-7-18)12(2)11-17-14-10-13(15)4-5-16-14/h4-5,10,12H,3,6-9,11H2,1-2H3,(H,16,17). The molecule has 0 spiro atoms. The van der Waals surface area contributed by atoms with Gasteiger partial charge in [-0.05, 0) is 25.6 Å². The van der Waals surface area contributed by atoms with Gasteiger partial charge in [0.15, 0.2) is 0 Å². The smallest absolute Gasteiger partial charge is 0.127 e. The Morgan fingerprint density at radius 2 is 2.11 bits per heavy atom. The first-order chi connectivity index (χ1) is 9.19. The summed E-state index contributed by atoms with van der Waals surface area (Å²) in [6, 6.07) is 4.50. The van der Waals surface area contributed by atoms with Crippen LogP contribution in [0.5, 0.6) is 0 Å². The fourth-order valence-electron chi connectivity index (χ4n) is 2.40. The molecule has 0 radical (unpaired) electrons. The number of likely N-dealkylation sites (N-methyl/N-ethyl adjacent to an activating group) is 1. The molecule has 1 fully saturated rings. The summed E-state index contributed by atoms with van der Waals surface area (Å²) in [4.78, 5) is 9.37. The van der Waals surface area contributed by atoms with Crippen LogP contribution < -0.4 is 5.32 Å². The first-order valence-corrected chi connectivity index (χ1v) is 7.80. The van der Waals surface area contributed by atoms with Crippen LogP contribution >= 0.6 is 15.9 Å². The van der Waals surface area contributed by atoms with Crippen molar-refractivity contribution in [3.05, 3.63) is 22.8 Å². The summed E-state index contributed by atoms with van der Waals surface area (Å²) in [6.07, 6.45) is 1.82. The molecule has 1 atom stereocenters. The molecular weight excluding hydrogens is 304 g/mol. The van der Waals surface area contributed by atoms with E-state index < -0.39 is 0 Å². The third-order valence-electron chi connectivity index (χ3n) is 3.78. The van der Waals surface area contributed by atoms with Crippen molar-refractivity contribution in [2.45, 2.75) is 19.9 Å². The number of nitrogens with one attached hydrogen (secondary N) is 1. The van der Waals surface area contributed by atoms with Crippen LogP contribution in [0.2, 0.25) is 0 Å². The molecule has 106 valence electrons. The van der Waals surface area contributed by atoms with Crippen LogP contribution in [0.4, 0.5) is 5.82 Å². The summed E-state index contributed by atoms with van der Waals surface area (Å²) in [5.41, 5.74) is 0. The second-order valence-corrected chi connectivity index (χ2v) is 5.98. The van der Waals surface area contributed by atoms with E-state index in [0.29, 0.717) is 6.04 Å². The molecule has 1 aromatic rings. The van der Waals surface area contributed by atoms with Gasteiger partial charge in [-0.1, -0.05) is 22.9 Å². The quantitative estimate of drug-likeness (QED) is 0.899. The van der Waals surface area contributed by atoms with Crippen molar-refractivity contribution < 1.29 is 0 Å². The normalized spacial score (nSPS) is 19.3. The zero-order valence-corrected chi connectivity index (χ0v) is 13.4. The van der Waals surface area contributed by atoms with Crippen LogP contribution in [-0.4, -0.2) is 60.1 Å². The van der Waals surface area contributed by atoms with Gasteiger partial charge in [0.1, 0.15) is 5.82 Å². The van der Waals surface area contributed by atoms with Crippen molar-refractivity contribution in [1.82, 2.24) is 14.8 Å². The van der Waals surface area contributed by atoms with Gasteiger partial charge in [-0.3, -0.25) is 4.90 Å². The largest absolute Gasteiger partial charge is 0.368 e. The van der Waals surface area contributed by atoms with E-state index in [1.54, 1.807) is 0 Å². The third-order valence-corrected chi connectivity index (χ3v) is 4.27. The molecule has 1 N–H and O–H groups in total. The Labute approximate surface area is 124 Å². The number of aromatic nitrogens is 1. The molecule has 0 saturated carbocycles. The number of pyridine rings is 1. The van der Waals surface area contributed by atoms with Gasteiger partial charge in [0.05, 0.1) is 0 Å². The lowest BCUT2D eigenvalue weighted by Gasteiger charge is -2.37. The summed E-state index contributed by atoms with van der Waals surface area (Å²) in [7, 11) is 0. The van der Waals surface area contributed by atoms with Crippen molar-refractivity contribution in [3.63, 3.8) is 0 Å². The highest BCUT2D eigenvalue weighted by molar-refractivity contribution is 9.10. The van der Waals surface area contributed by atoms with E-state index in [1.165, 1.54) is 32.7 Å². The Bertz CT molecular complexity index is 391. The van der Waals surface area contributed by atoms with E-state index in [4.69, 9.17) is 0 Å². The molecule has 0 amide bonds. The molecule has 0 aromatic carbocycles. The molecule has 2 heterocycles. The first kappa shape index (κ1) is 14.8. The Hall–Kier alpha value is -0.650. The van der Waals surface area contributed by atoms with Gasteiger partial charge in [0, 0.05) is 49.4 Å². The molecule has 0 bridgehead atoms. The highest BCUT2D eigenvalue weighted by Gasteiger charge is 2.19. The maximum absolute atomic E-state index is 4.31. The van der Waals surface area contributed by atoms with Crippen molar-refractivity contribution in [1.29, 1.82) is 0 Å². The van der Waals surface area contributed by atoms with Crippen LogP contribution in [0, 0.1) is 0 Å². The lowest BCUT2D eigenvalue weighted by Crippen LogP contribution is -2.51. The Morgan fingerprint density at radius 1 is 1.37 bits per heavy atom. The lowest BCUT2D eigenvalue weighted by atomic mass is 10.2. The van der Waals surface area contributed by atoms with Crippen LogP contribution in [0.3, 0.4) is 0 Å². The number of rotatable bonds is 5. The Morgan fingerprint density at radius 3 is 2.74 bits per heavy atom. The second kappa shape index (κ2) is 7.22. The summed E-state index contributed by atoms with van der Waals surface area (Å²) >= 11 is 3.46. The Balaban J connectivity index is 1.77. The van der Waals surface area contributed by atoms with Gasteiger partial charge in [0.25, 0.3) is 0 Å². The second-order valence-electron chi connectivity index (χ2n) is 5.06. The Kier molecular flexibility index (Phi) is 5.60. The van der Waals surface area contributed by atoms with E-state index >= 15 is 0 Å². The molecule has 1 aliphatic heterocycles. The highest BCUT2D eigenvalue weighted by atomic mass is 79.9. The molecule has 1 aliphatic rings. The zero-order chi connectivity index (χ0) is 13.7. The van der Waals surface area contributed by atoms with E-state index in [9.17, 15) is 0 Å². The fraction of sp³-hybridized carbons (Fsp3) is 0.643. The van der Waals surface area contributed by atoms with Crippen molar-refractivity contribution in [3.8, 4) is 0 Å².